The van der Waals surface area contributed by atoms with E-state index in [2.05, 4.69) is 10.3 Å². The van der Waals surface area contributed by atoms with Crippen LogP contribution in [0.1, 0.15) is 18.9 Å². The molecule has 1 atom stereocenters. The van der Waals surface area contributed by atoms with Gasteiger partial charge in [0.25, 0.3) is 0 Å². The summed E-state index contributed by atoms with van der Waals surface area (Å²) in [6.45, 7) is 2.43. The topological polar surface area (TPSA) is 70.9 Å². The van der Waals surface area contributed by atoms with Crippen molar-refractivity contribution in [3.05, 3.63) is 24.0 Å². The Morgan fingerprint density at radius 3 is 3.08 bits per heavy atom. The molecule has 1 aromatic rings. The Kier molecular flexibility index (Phi) is 3.52. The van der Waals surface area contributed by atoms with Crippen molar-refractivity contribution in [2.45, 2.75) is 25.9 Å². The zero-order chi connectivity index (χ0) is 9.68. The van der Waals surface area contributed by atoms with Crippen LogP contribution in [-0.4, -0.2) is 16.9 Å². The summed E-state index contributed by atoms with van der Waals surface area (Å²) < 4.78 is 0. The number of amides is 1. The van der Waals surface area contributed by atoms with Crippen molar-refractivity contribution in [2.24, 2.45) is 5.73 Å². The van der Waals surface area contributed by atoms with Gasteiger partial charge in [-0.05, 0) is 18.1 Å². The van der Waals surface area contributed by atoms with E-state index >= 15 is 0 Å². The first-order chi connectivity index (χ1) is 6.24. The standard InChI is InChI=1S/C9H15N3O/c1-2-8(10)9(13)12-6-7-3-4-11-5-7/h3-5,8,11H,2,6,10H2,1H3,(H,12,13). The summed E-state index contributed by atoms with van der Waals surface area (Å²) >= 11 is 0. The molecule has 72 valence electrons. The van der Waals surface area contributed by atoms with Crippen LogP contribution < -0.4 is 11.1 Å². The average Bonchev–Trinajstić information content (AvgIpc) is 2.65. The quantitative estimate of drug-likeness (QED) is 0.628. The number of aromatic amines is 1. The second-order valence-corrected chi connectivity index (χ2v) is 2.95. The summed E-state index contributed by atoms with van der Waals surface area (Å²) in [6, 6.07) is 1.52. The number of rotatable bonds is 4. The molecule has 0 spiro atoms. The van der Waals surface area contributed by atoms with Crippen molar-refractivity contribution in [2.75, 3.05) is 0 Å². The molecule has 0 fully saturated rings. The number of nitrogens with two attached hydrogens (primary N) is 1. The first-order valence-corrected chi connectivity index (χ1v) is 4.39. The molecule has 0 saturated carbocycles. The Hall–Kier alpha value is -1.29. The zero-order valence-corrected chi connectivity index (χ0v) is 7.71. The highest BCUT2D eigenvalue weighted by Gasteiger charge is 2.09. The van der Waals surface area contributed by atoms with Crippen molar-refractivity contribution in [1.82, 2.24) is 10.3 Å². The molecule has 1 unspecified atom stereocenters. The van der Waals surface area contributed by atoms with Gasteiger partial charge in [0.15, 0.2) is 0 Å². The van der Waals surface area contributed by atoms with E-state index in [1.54, 1.807) is 0 Å². The van der Waals surface area contributed by atoms with Crippen LogP contribution in [0.3, 0.4) is 0 Å². The van der Waals surface area contributed by atoms with Gasteiger partial charge in [-0.3, -0.25) is 4.79 Å². The fourth-order valence-electron chi connectivity index (χ4n) is 0.974. The highest BCUT2D eigenvalue weighted by Crippen LogP contribution is 1.95. The second kappa shape index (κ2) is 4.67. The third kappa shape index (κ3) is 2.91. The lowest BCUT2D eigenvalue weighted by atomic mass is 10.2. The minimum atomic E-state index is -0.390. The molecule has 1 amide bonds. The number of carbonyl (C=O) groups excluding carboxylic acids is 1. The minimum Gasteiger partial charge on any atom is -0.367 e. The van der Waals surface area contributed by atoms with Gasteiger partial charge in [0.05, 0.1) is 6.04 Å². The maximum atomic E-state index is 11.2. The first kappa shape index (κ1) is 9.80. The first-order valence-electron chi connectivity index (χ1n) is 4.39. The minimum absolute atomic E-state index is 0.0938. The van der Waals surface area contributed by atoms with Crippen molar-refractivity contribution in [3.8, 4) is 0 Å². The van der Waals surface area contributed by atoms with E-state index < -0.39 is 0 Å². The van der Waals surface area contributed by atoms with E-state index in [0.717, 1.165) is 5.56 Å². The number of hydrogen-bond acceptors (Lipinski definition) is 2. The summed E-state index contributed by atoms with van der Waals surface area (Å²) in [5.41, 5.74) is 6.59. The van der Waals surface area contributed by atoms with Crippen molar-refractivity contribution in [3.63, 3.8) is 0 Å². The zero-order valence-electron chi connectivity index (χ0n) is 7.71. The monoisotopic (exact) mass is 181 g/mol. The van der Waals surface area contributed by atoms with E-state index in [1.807, 2.05) is 25.4 Å². The van der Waals surface area contributed by atoms with Crippen molar-refractivity contribution >= 4 is 5.91 Å². The number of nitrogens with one attached hydrogen (secondary N) is 2. The van der Waals surface area contributed by atoms with Crippen LogP contribution in [0.15, 0.2) is 18.5 Å². The van der Waals surface area contributed by atoms with E-state index in [-0.39, 0.29) is 11.9 Å². The molecule has 1 rings (SSSR count). The fraction of sp³-hybridized carbons (Fsp3) is 0.444. The summed E-state index contributed by atoms with van der Waals surface area (Å²) in [6.07, 6.45) is 4.33. The van der Waals surface area contributed by atoms with Gasteiger partial charge in [-0.1, -0.05) is 6.92 Å². The molecular formula is C9H15N3O. The molecule has 1 aromatic heterocycles. The van der Waals surface area contributed by atoms with Gasteiger partial charge in [0, 0.05) is 18.9 Å². The van der Waals surface area contributed by atoms with Gasteiger partial charge in [0.2, 0.25) is 5.91 Å². The summed E-state index contributed by atoms with van der Waals surface area (Å²) in [4.78, 5) is 14.1. The molecule has 1 heterocycles. The fourth-order valence-corrected chi connectivity index (χ4v) is 0.974. The molecule has 0 radical (unpaired) electrons. The SMILES string of the molecule is CCC(N)C(=O)NCc1cc[nH]c1. The van der Waals surface area contributed by atoms with Crippen LogP contribution in [0.25, 0.3) is 0 Å². The molecule has 0 bridgehead atoms. The Morgan fingerprint density at radius 2 is 2.54 bits per heavy atom. The van der Waals surface area contributed by atoms with E-state index in [1.165, 1.54) is 0 Å². The van der Waals surface area contributed by atoms with Crippen LogP contribution in [0.4, 0.5) is 0 Å². The highest BCUT2D eigenvalue weighted by atomic mass is 16.2. The maximum Gasteiger partial charge on any atom is 0.237 e. The largest absolute Gasteiger partial charge is 0.367 e. The maximum absolute atomic E-state index is 11.2. The molecule has 13 heavy (non-hydrogen) atoms. The number of hydrogen-bond donors (Lipinski definition) is 3. The molecule has 0 aliphatic heterocycles. The molecule has 0 aliphatic carbocycles. The van der Waals surface area contributed by atoms with Crippen LogP contribution >= 0.6 is 0 Å². The Labute approximate surface area is 77.5 Å². The Bertz CT molecular complexity index is 256. The van der Waals surface area contributed by atoms with Crippen molar-refractivity contribution in [1.29, 1.82) is 0 Å². The average molecular weight is 181 g/mol. The van der Waals surface area contributed by atoms with Crippen LogP contribution in [-0.2, 0) is 11.3 Å². The molecule has 0 aromatic carbocycles. The third-order valence-corrected chi connectivity index (χ3v) is 1.91. The van der Waals surface area contributed by atoms with Crippen LogP contribution in [0.5, 0.6) is 0 Å². The Balaban J connectivity index is 2.31. The molecule has 4 nitrogen and oxygen atoms in total. The molecule has 0 saturated heterocycles. The summed E-state index contributed by atoms with van der Waals surface area (Å²) in [5, 5.41) is 2.75. The molecule has 0 aliphatic rings. The summed E-state index contributed by atoms with van der Waals surface area (Å²) in [5.74, 6) is -0.0938. The van der Waals surface area contributed by atoms with Gasteiger partial charge in [0.1, 0.15) is 0 Å². The number of carbonyl (C=O) groups is 1. The van der Waals surface area contributed by atoms with Gasteiger partial charge >= 0.3 is 0 Å². The third-order valence-electron chi connectivity index (χ3n) is 1.91. The smallest absolute Gasteiger partial charge is 0.237 e. The second-order valence-electron chi connectivity index (χ2n) is 2.95. The Morgan fingerprint density at radius 1 is 1.77 bits per heavy atom. The van der Waals surface area contributed by atoms with E-state index in [9.17, 15) is 4.79 Å². The predicted molar refractivity (Wildman–Crippen MR) is 50.9 cm³/mol. The summed E-state index contributed by atoms with van der Waals surface area (Å²) in [7, 11) is 0. The van der Waals surface area contributed by atoms with Gasteiger partial charge in [-0.15, -0.1) is 0 Å². The lowest BCUT2D eigenvalue weighted by molar-refractivity contribution is -0.122. The lowest BCUT2D eigenvalue weighted by Gasteiger charge is -2.08. The highest BCUT2D eigenvalue weighted by molar-refractivity contribution is 5.81. The van der Waals surface area contributed by atoms with Gasteiger partial charge in [-0.2, -0.15) is 0 Å². The molecule has 4 heteroatoms. The lowest BCUT2D eigenvalue weighted by Crippen LogP contribution is -2.39. The predicted octanol–water partition coefficient (Wildman–Crippen LogP) is 0.368. The molecular weight excluding hydrogens is 166 g/mol. The van der Waals surface area contributed by atoms with Crippen LogP contribution in [0.2, 0.25) is 0 Å². The van der Waals surface area contributed by atoms with E-state index in [0.29, 0.717) is 13.0 Å². The molecule has 4 N–H and O–H groups in total. The van der Waals surface area contributed by atoms with Crippen molar-refractivity contribution < 1.29 is 4.79 Å². The van der Waals surface area contributed by atoms with Gasteiger partial charge < -0.3 is 16.0 Å². The van der Waals surface area contributed by atoms with E-state index in [4.69, 9.17) is 5.73 Å². The normalized spacial score (nSPS) is 12.5. The van der Waals surface area contributed by atoms with Gasteiger partial charge in [-0.25, -0.2) is 0 Å². The van der Waals surface area contributed by atoms with Crippen LogP contribution in [0, 0.1) is 0 Å². The number of aromatic nitrogens is 1. The number of H-pyrrole nitrogens is 1.